The first-order valence-electron chi connectivity index (χ1n) is 11.9. The lowest BCUT2D eigenvalue weighted by Crippen LogP contribution is -2.20. The van der Waals surface area contributed by atoms with Crippen molar-refractivity contribution in [3.8, 4) is 5.75 Å². The third-order valence-corrected chi connectivity index (χ3v) is 6.15. The minimum absolute atomic E-state index is 0.0459. The van der Waals surface area contributed by atoms with Crippen molar-refractivity contribution in [3.05, 3.63) is 107 Å². The number of carboxylic acid groups (broad SMARTS) is 1. The molecule has 0 saturated carbocycles. The van der Waals surface area contributed by atoms with Crippen LogP contribution in [-0.2, 0) is 22.6 Å². The molecule has 0 saturated heterocycles. The van der Waals surface area contributed by atoms with Crippen molar-refractivity contribution in [1.29, 1.82) is 0 Å². The van der Waals surface area contributed by atoms with E-state index >= 15 is 0 Å². The van der Waals surface area contributed by atoms with Crippen LogP contribution >= 0.6 is 0 Å². The fraction of sp³-hybridized carbons (Fsp3) is 0.200. The summed E-state index contributed by atoms with van der Waals surface area (Å²) < 4.78 is 19.2. The Labute approximate surface area is 209 Å². The fourth-order valence-electron chi connectivity index (χ4n) is 4.21. The maximum atomic E-state index is 13.5. The van der Waals surface area contributed by atoms with Crippen LogP contribution in [0.15, 0.2) is 84.9 Å². The van der Waals surface area contributed by atoms with Gasteiger partial charge in [-0.05, 0) is 65.4 Å². The second-order valence-electron chi connectivity index (χ2n) is 8.76. The summed E-state index contributed by atoms with van der Waals surface area (Å²) in [5.41, 5.74) is 3.21. The molecule has 0 radical (unpaired) electrons. The van der Waals surface area contributed by atoms with E-state index in [1.165, 1.54) is 12.1 Å². The maximum Gasteiger partial charge on any atom is 0.303 e. The van der Waals surface area contributed by atoms with E-state index in [1.54, 1.807) is 12.1 Å². The number of hydrogen-bond acceptors (Lipinski definition) is 3. The Morgan fingerprint density at radius 1 is 0.972 bits per heavy atom. The Bertz CT molecular complexity index is 1380. The van der Waals surface area contributed by atoms with E-state index in [-0.39, 0.29) is 24.8 Å². The number of hydrogen-bond donors (Lipinski definition) is 2. The molecule has 1 amide bonds. The molecule has 0 aliphatic heterocycles. The normalized spacial score (nSPS) is 11.7. The molecule has 0 aliphatic rings. The first kappa shape index (κ1) is 24.9. The second-order valence-corrected chi connectivity index (χ2v) is 8.76. The molecule has 5 nitrogen and oxygen atoms in total. The van der Waals surface area contributed by atoms with Gasteiger partial charge in [-0.1, -0.05) is 60.7 Å². The Morgan fingerprint density at radius 2 is 1.75 bits per heavy atom. The number of carbonyl (C=O) groups is 2. The number of benzene rings is 4. The molecule has 0 heterocycles. The third-order valence-electron chi connectivity index (χ3n) is 6.15. The molecule has 0 spiro atoms. The number of nitrogens with one attached hydrogen (secondary N) is 1. The lowest BCUT2D eigenvalue weighted by Gasteiger charge is -2.18. The molecule has 0 fully saturated rings. The summed E-state index contributed by atoms with van der Waals surface area (Å²) in [6.45, 7) is 2.07. The van der Waals surface area contributed by atoms with Crippen molar-refractivity contribution in [1.82, 2.24) is 0 Å². The van der Waals surface area contributed by atoms with Crippen molar-refractivity contribution in [2.75, 3.05) is 5.32 Å². The van der Waals surface area contributed by atoms with Gasteiger partial charge in [0.05, 0.1) is 5.92 Å². The smallest absolute Gasteiger partial charge is 0.303 e. The van der Waals surface area contributed by atoms with Gasteiger partial charge >= 0.3 is 5.97 Å². The van der Waals surface area contributed by atoms with Crippen LogP contribution in [0.4, 0.5) is 10.1 Å². The van der Waals surface area contributed by atoms with Crippen LogP contribution in [0.1, 0.15) is 42.4 Å². The van der Waals surface area contributed by atoms with Gasteiger partial charge in [-0.25, -0.2) is 4.39 Å². The van der Waals surface area contributed by atoms with Crippen LogP contribution < -0.4 is 10.1 Å². The minimum Gasteiger partial charge on any atom is -0.489 e. The Hall–Kier alpha value is -4.19. The number of carboxylic acids is 1. The molecular formula is C30H28FNO4. The lowest BCUT2D eigenvalue weighted by molar-refractivity contribution is -0.137. The number of anilines is 1. The highest BCUT2D eigenvalue weighted by Crippen LogP contribution is 2.28. The van der Waals surface area contributed by atoms with Crippen LogP contribution in [0.5, 0.6) is 5.75 Å². The van der Waals surface area contributed by atoms with E-state index in [1.807, 2.05) is 67.6 Å². The van der Waals surface area contributed by atoms with Crippen molar-refractivity contribution in [2.45, 2.75) is 38.7 Å². The van der Waals surface area contributed by atoms with Crippen molar-refractivity contribution >= 4 is 28.3 Å². The number of rotatable bonds is 10. The molecular weight excluding hydrogens is 457 g/mol. The highest BCUT2D eigenvalue weighted by molar-refractivity contribution is 5.99. The van der Waals surface area contributed by atoms with Gasteiger partial charge < -0.3 is 15.2 Å². The molecule has 1 unspecified atom stereocenters. The summed E-state index contributed by atoms with van der Waals surface area (Å²) in [6, 6.07) is 25.4. The molecule has 36 heavy (non-hydrogen) atoms. The van der Waals surface area contributed by atoms with E-state index in [4.69, 9.17) is 9.84 Å². The van der Waals surface area contributed by atoms with E-state index in [0.717, 1.165) is 27.5 Å². The fourth-order valence-corrected chi connectivity index (χ4v) is 4.21. The molecule has 0 aromatic heterocycles. The SMILES string of the molecule is CC(C(=O)Nc1cc(COc2cccc(F)c2)ccc1CCCC(=O)O)c1cccc2ccccc12. The quantitative estimate of drug-likeness (QED) is 0.262. The van der Waals surface area contributed by atoms with Crippen molar-refractivity contribution in [3.63, 3.8) is 0 Å². The molecule has 184 valence electrons. The van der Waals surface area contributed by atoms with E-state index in [2.05, 4.69) is 5.32 Å². The number of ether oxygens (including phenoxy) is 1. The maximum absolute atomic E-state index is 13.5. The summed E-state index contributed by atoms with van der Waals surface area (Å²) in [7, 11) is 0. The lowest BCUT2D eigenvalue weighted by atomic mass is 9.94. The molecule has 0 aliphatic carbocycles. The van der Waals surface area contributed by atoms with Crippen LogP contribution in [-0.4, -0.2) is 17.0 Å². The van der Waals surface area contributed by atoms with E-state index in [0.29, 0.717) is 24.3 Å². The van der Waals surface area contributed by atoms with Gasteiger partial charge in [0.25, 0.3) is 0 Å². The summed E-state index contributed by atoms with van der Waals surface area (Å²) >= 11 is 0. The highest BCUT2D eigenvalue weighted by atomic mass is 19.1. The van der Waals surface area contributed by atoms with E-state index < -0.39 is 11.9 Å². The highest BCUT2D eigenvalue weighted by Gasteiger charge is 2.19. The van der Waals surface area contributed by atoms with Crippen LogP contribution in [0.3, 0.4) is 0 Å². The van der Waals surface area contributed by atoms with Crippen LogP contribution in [0.25, 0.3) is 10.8 Å². The Balaban J connectivity index is 1.55. The first-order chi connectivity index (χ1) is 17.4. The largest absolute Gasteiger partial charge is 0.489 e. The summed E-state index contributed by atoms with van der Waals surface area (Å²) in [6.07, 6.45) is 1.01. The van der Waals surface area contributed by atoms with Gasteiger partial charge in [0.1, 0.15) is 18.2 Å². The molecule has 6 heteroatoms. The predicted octanol–water partition coefficient (Wildman–Crippen LogP) is 6.71. The van der Waals surface area contributed by atoms with Crippen molar-refractivity contribution in [2.24, 2.45) is 0 Å². The molecule has 2 N–H and O–H groups in total. The third kappa shape index (κ3) is 6.27. The van der Waals surface area contributed by atoms with Gasteiger partial charge in [-0.3, -0.25) is 9.59 Å². The average Bonchev–Trinajstić information content (AvgIpc) is 2.87. The summed E-state index contributed by atoms with van der Waals surface area (Å²) in [5, 5.41) is 14.2. The van der Waals surface area contributed by atoms with Gasteiger partial charge in [0, 0.05) is 18.2 Å². The Kier molecular flexibility index (Phi) is 7.95. The van der Waals surface area contributed by atoms with Crippen LogP contribution in [0.2, 0.25) is 0 Å². The standard InChI is InChI=1S/C30H28FNO4/c1-20(26-13-4-8-22-7-2-3-12-27(22)26)30(35)32-28-17-21(15-16-23(28)9-5-14-29(33)34)19-36-25-11-6-10-24(31)18-25/h2-4,6-8,10-13,15-18,20H,5,9,14,19H2,1H3,(H,32,35)(H,33,34). The zero-order valence-corrected chi connectivity index (χ0v) is 20.0. The number of aliphatic carboxylic acids is 1. The van der Waals surface area contributed by atoms with E-state index in [9.17, 15) is 14.0 Å². The number of aryl methyl sites for hydroxylation is 1. The van der Waals surface area contributed by atoms with Gasteiger partial charge in [-0.15, -0.1) is 0 Å². The molecule has 4 aromatic rings. The van der Waals surface area contributed by atoms with Gasteiger partial charge in [0.15, 0.2) is 0 Å². The monoisotopic (exact) mass is 485 g/mol. The second kappa shape index (κ2) is 11.5. The van der Waals surface area contributed by atoms with Gasteiger partial charge in [-0.2, -0.15) is 0 Å². The van der Waals surface area contributed by atoms with Gasteiger partial charge in [0.2, 0.25) is 5.91 Å². The summed E-state index contributed by atoms with van der Waals surface area (Å²) in [5.74, 6) is -1.39. The number of amides is 1. The Morgan fingerprint density at radius 3 is 2.56 bits per heavy atom. The van der Waals surface area contributed by atoms with Crippen molar-refractivity contribution < 1.29 is 23.8 Å². The summed E-state index contributed by atoms with van der Waals surface area (Å²) in [4.78, 5) is 24.3. The molecule has 0 bridgehead atoms. The topological polar surface area (TPSA) is 75.6 Å². The predicted molar refractivity (Wildman–Crippen MR) is 139 cm³/mol. The number of carbonyl (C=O) groups excluding carboxylic acids is 1. The minimum atomic E-state index is -0.856. The molecule has 1 atom stereocenters. The molecule has 4 rings (SSSR count). The number of halogens is 1. The zero-order valence-electron chi connectivity index (χ0n) is 20.0. The van der Waals surface area contributed by atoms with Crippen LogP contribution in [0, 0.1) is 5.82 Å². The molecule has 4 aromatic carbocycles. The zero-order chi connectivity index (χ0) is 25.5. The first-order valence-corrected chi connectivity index (χ1v) is 11.9. The average molecular weight is 486 g/mol. The number of fused-ring (bicyclic) bond motifs is 1.